The molecule has 0 aliphatic heterocycles. The van der Waals surface area contributed by atoms with Crippen molar-refractivity contribution in [2.45, 2.75) is 0 Å². The number of phenolic OH excluding ortho intramolecular Hbond substituents is 1. The van der Waals surface area contributed by atoms with E-state index in [4.69, 9.17) is 0 Å². The summed E-state index contributed by atoms with van der Waals surface area (Å²) in [7, 11) is 1.92. The number of benzene rings is 2. The number of nitrogens with zero attached hydrogens (tertiary/aromatic N) is 3. The number of aryl methyl sites for hydroxylation is 1. The van der Waals surface area contributed by atoms with Crippen molar-refractivity contribution in [3.63, 3.8) is 0 Å². The lowest BCUT2D eigenvalue weighted by Crippen LogP contribution is -1.88. The summed E-state index contributed by atoms with van der Waals surface area (Å²) >= 11 is 3.45. The van der Waals surface area contributed by atoms with E-state index in [1.54, 1.807) is 24.4 Å². The Hall–Kier alpha value is -2.14. The van der Waals surface area contributed by atoms with Gasteiger partial charge in [0.2, 0.25) is 5.95 Å². The molecule has 0 bridgehead atoms. The van der Waals surface area contributed by atoms with Crippen LogP contribution in [-0.4, -0.2) is 20.9 Å². The molecule has 0 saturated carbocycles. The molecule has 0 fully saturated rings. The van der Waals surface area contributed by atoms with Crippen molar-refractivity contribution in [3.05, 3.63) is 52.5 Å². The smallest absolute Gasteiger partial charge is 0.230 e. The van der Waals surface area contributed by atoms with E-state index >= 15 is 0 Å². The van der Waals surface area contributed by atoms with Gasteiger partial charge in [-0.25, -0.2) is 9.98 Å². The van der Waals surface area contributed by atoms with Crippen LogP contribution >= 0.6 is 15.9 Å². The minimum absolute atomic E-state index is 0.206. The summed E-state index contributed by atoms with van der Waals surface area (Å²) in [5, 5.41) is 9.71. The molecule has 1 aromatic heterocycles. The first kappa shape index (κ1) is 12.9. The van der Waals surface area contributed by atoms with E-state index in [0.717, 1.165) is 15.5 Å². The molecule has 100 valence electrons. The molecule has 0 radical (unpaired) electrons. The fourth-order valence-corrected chi connectivity index (χ4v) is 2.34. The third-order valence-electron chi connectivity index (χ3n) is 3.08. The molecular formula is C15H12BrN3O. The van der Waals surface area contributed by atoms with Crippen LogP contribution in [0, 0.1) is 0 Å². The maximum Gasteiger partial charge on any atom is 0.230 e. The maximum atomic E-state index is 9.71. The number of phenols is 1. The Morgan fingerprint density at radius 1 is 1.25 bits per heavy atom. The summed E-state index contributed by atoms with van der Waals surface area (Å²) in [6.07, 6.45) is 1.62. The quantitative estimate of drug-likeness (QED) is 0.727. The summed E-state index contributed by atoms with van der Waals surface area (Å²) in [6, 6.07) is 13.0. The van der Waals surface area contributed by atoms with Crippen LogP contribution < -0.4 is 0 Å². The average Bonchev–Trinajstić information content (AvgIpc) is 2.75. The van der Waals surface area contributed by atoms with Crippen LogP contribution in [0.25, 0.3) is 11.0 Å². The topological polar surface area (TPSA) is 50.4 Å². The fourth-order valence-electron chi connectivity index (χ4n) is 1.99. The summed E-state index contributed by atoms with van der Waals surface area (Å²) in [5.74, 6) is 0.805. The zero-order chi connectivity index (χ0) is 14.1. The normalized spacial score (nSPS) is 11.5. The largest absolute Gasteiger partial charge is 0.507 e. The van der Waals surface area contributed by atoms with Gasteiger partial charge in [0, 0.05) is 23.3 Å². The number of aromatic hydroxyl groups is 1. The van der Waals surface area contributed by atoms with E-state index in [9.17, 15) is 5.11 Å². The highest BCUT2D eigenvalue weighted by atomic mass is 79.9. The molecule has 0 saturated heterocycles. The second kappa shape index (κ2) is 5.09. The van der Waals surface area contributed by atoms with Crippen LogP contribution in [-0.2, 0) is 7.05 Å². The van der Waals surface area contributed by atoms with Crippen molar-refractivity contribution < 1.29 is 5.11 Å². The van der Waals surface area contributed by atoms with Crippen LogP contribution in [0.4, 0.5) is 5.95 Å². The number of aromatic nitrogens is 2. The van der Waals surface area contributed by atoms with E-state index in [1.165, 1.54) is 0 Å². The van der Waals surface area contributed by atoms with Crippen LogP contribution in [0.5, 0.6) is 5.75 Å². The Kier molecular flexibility index (Phi) is 3.28. The van der Waals surface area contributed by atoms with Crippen LogP contribution in [0.1, 0.15) is 5.56 Å². The predicted octanol–water partition coefficient (Wildman–Crippen LogP) is 3.79. The molecule has 4 nitrogen and oxygen atoms in total. The van der Waals surface area contributed by atoms with Gasteiger partial charge in [-0.2, -0.15) is 0 Å². The molecule has 0 unspecified atom stereocenters. The second-order valence-electron chi connectivity index (χ2n) is 4.42. The van der Waals surface area contributed by atoms with Crippen molar-refractivity contribution >= 4 is 39.1 Å². The van der Waals surface area contributed by atoms with E-state index in [2.05, 4.69) is 25.9 Å². The van der Waals surface area contributed by atoms with Crippen LogP contribution in [0.15, 0.2) is 51.9 Å². The number of halogens is 1. The Labute approximate surface area is 124 Å². The maximum absolute atomic E-state index is 9.71. The van der Waals surface area contributed by atoms with E-state index in [-0.39, 0.29) is 5.75 Å². The van der Waals surface area contributed by atoms with Crippen molar-refractivity contribution in [2.75, 3.05) is 0 Å². The average molecular weight is 330 g/mol. The minimum Gasteiger partial charge on any atom is -0.507 e. The number of rotatable bonds is 2. The van der Waals surface area contributed by atoms with Gasteiger partial charge in [0.15, 0.2) is 0 Å². The molecule has 3 rings (SSSR count). The van der Waals surface area contributed by atoms with E-state index < -0.39 is 0 Å². The highest BCUT2D eigenvalue weighted by Crippen LogP contribution is 2.24. The molecule has 1 heterocycles. The number of hydrogen-bond acceptors (Lipinski definition) is 3. The van der Waals surface area contributed by atoms with Crippen LogP contribution in [0.2, 0.25) is 0 Å². The molecule has 0 aliphatic carbocycles. The lowest BCUT2D eigenvalue weighted by molar-refractivity contribution is 0.474. The third kappa shape index (κ3) is 2.32. The third-order valence-corrected chi connectivity index (χ3v) is 3.57. The summed E-state index contributed by atoms with van der Waals surface area (Å²) in [6.45, 7) is 0. The van der Waals surface area contributed by atoms with E-state index in [1.807, 2.05) is 35.9 Å². The van der Waals surface area contributed by atoms with Gasteiger partial charge in [-0.15, -0.1) is 0 Å². The Balaban J connectivity index is 2.03. The number of para-hydroxylation sites is 1. The standard InChI is InChI=1S/C15H12BrN3O/c1-19-13-8-11(16)6-7-12(13)18-15(19)17-9-10-4-2-3-5-14(10)20/h2-9,20H,1H3. The van der Waals surface area contributed by atoms with Crippen molar-refractivity contribution in [1.29, 1.82) is 0 Å². The highest BCUT2D eigenvalue weighted by Gasteiger charge is 2.06. The highest BCUT2D eigenvalue weighted by molar-refractivity contribution is 9.10. The van der Waals surface area contributed by atoms with Gasteiger partial charge < -0.3 is 9.67 Å². The fraction of sp³-hybridized carbons (Fsp3) is 0.0667. The Morgan fingerprint density at radius 2 is 2.05 bits per heavy atom. The SMILES string of the molecule is Cn1c(N=Cc2ccccc2O)nc2ccc(Br)cc21. The molecule has 2 aromatic carbocycles. The number of imidazole rings is 1. The Morgan fingerprint density at radius 3 is 2.85 bits per heavy atom. The van der Waals surface area contributed by atoms with Crippen molar-refractivity contribution in [3.8, 4) is 5.75 Å². The number of hydrogen-bond donors (Lipinski definition) is 1. The van der Waals surface area contributed by atoms with E-state index in [0.29, 0.717) is 11.5 Å². The monoisotopic (exact) mass is 329 g/mol. The van der Waals surface area contributed by atoms with Gasteiger partial charge in [0.1, 0.15) is 5.75 Å². The Bertz CT molecular complexity index is 808. The number of fused-ring (bicyclic) bond motifs is 1. The molecule has 5 heteroatoms. The lowest BCUT2D eigenvalue weighted by atomic mass is 10.2. The zero-order valence-corrected chi connectivity index (χ0v) is 12.4. The zero-order valence-electron chi connectivity index (χ0n) is 10.8. The lowest BCUT2D eigenvalue weighted by Gasteiger charge is -1.98. The number of aliphatic imine (C=N–C) groups is 1. The van der Waals surface area contributed by atoms with Gasteiger partial charge in [0.25, 0.3) is 0 Å². The molecular weight excluding hydrogens is 318 g/mol. The summed E-state index contributed by atoms with van der Waals surface area (Å²) in [4.78, 5) is 8.82. The summed E-state index contributed by atoms with van der Waals surface area (Å²) < 4.78 is 2.92. The van der Waals surface area contributed by atoms with Crippen molar-refractivity contribution in [2.24, 2.45) is 12.0 Å². The van der Waals surface area contributed by atoms with Gasteiger partial charge >= 0.3 is 0 Å². The summed E-state index contributed by atoms with van der Waals surface area (Å²) in [5.41, 5.74) is 2.56. The molecule has 0 atom stereocenters. The molecule has 0 amide bonds. The second-order valence-corrected chi connectivity index (χ2v) is 5.34. The molecule has 3 aromatic rings. The van der Waals surface area contributed by atoms with Gasteiger partial charge in [-0.1, -0.05) is 28.1 Å². The first-order chi connectivity index (χ1) is 9.65. The minimum atomic E-state index is 0.206. The molecule has 0 spiro atoms. The van der Waals surface area contributed by atoms with Gasteiger partial charge in [-0.05, 0) is 30.3 Å². The van der Waals surface area contributed by atoms with Crippen molar-refractivity contribution in [1.82, 2.24) is 9.55 Å². The first-order valence-corrected chi connectivity index (χ1v) is 6.88. The predicted molar refractivity (Wildman–Crippen MR) is 83.8 cm³/mol. The van der Waals surface area contributed by atoms with Gasteiger partial charge in [0.05, 0.1) is 11.0 Å². The van der Waals surface area contributed by atoms with Crippen LogP contribution in [0.3, 0.4) is 0 Å². The molecule has 20 heavy (non-hydrogen) atoms. The first-order valence-electron chi connectivity index (χ1n) is 6.09. The van der Waals surface area contributed by atoms with Gasteiger partial charge in [-0.3, -0.25) is 0 Å². The molecule has 0 aliphatic rings. The molecule has 1 N–H and O–H groups in total.